The first-order valence-corrected chi connectivity index (χ1v) is 11.0. The number of amides is 1. The van der Waals surface area contributed by atoms with Crippen LogP contribution in [-0.2, 0) is 16.0 Å². The van der Waals surface area contributed by atoms with Gasteiger partial charge in [0, 0.05) is 25.0 Å². The minimum Gasteiger partial charge on any atom is -0.506 e. The van der Waals surface area contributed by atoms with E-state index in [2.05, 4.69) is 9.72 Å². The zero-order chi connectivity index (χ0) is 26.2. The van der Waals surface area contributed by atoms with Gasteiger partial charge >= 0.3 is 5.97 Å². The summed E-state index contributed by atoms with van der Waals surface area (Å²) >= 11 is 0. The van der Waals surface area contributed by atoms with Crippen molar-refractivity contribution in [1.82, 2.24) is 4.98 Å². The summed E-state index contributed by atoms with van der Waals surface area (Å²) in [6, 6.07) is 12.5. The number of ether oxygens (including phenoxy) is 4. The molecule has 36 heavy (non-hydrogen) atoms. The van der Waals surface area contributed by atoms with Crippen molar-refractivity contribution in [1.29, 1.82) is 0 Å². The van der Waals surface area contributed by atoms with Crippen LogP contribution in [0, 0.1) is 0 Å². The maximum atomic E-state index is 12.7. The summed E-state index contributed by atoms with van der Waals surface area (Å²) in [5, 5.41) is 10.8. The Morgan fingerprint density at radius 2 is 1.75 bits per heavy atom. The molecule has 10 nitrogen and oxygen atoms in total. The number of pyridine rings is 1. The molecular weight excluding hydrogens is 468 g/mol. The van der Waals surface area contributed by atoms with Gasteiger partial charge in [-0.25, -0.2) is 4.79 Å². The molecule has 0 aliphatic rings. The summed E-state index contributed by atoms with van der Waals surface area (Å²) in [6.45, 7) is 0.316. The Kier molecular flexibility index (Phi) is 8.56. The molecule has 0 aliphatic heterocycles. The Balaban J connectivity index is 1.95. The summed E-state index contributed by atoms with van der Waals surface area (Å²) in [5.74, 6) is -1.55. The number of esters is 1. The zero-order valence-corrected chi connectivity index (χ0v) is 20.2. The number of hydrogen-bond donors (Lipinski definition) is 3. The number of benzene rings is 2. The van der Waals surface area contributed by atoms with E-state index in [0.717, 1.165) is 24.6 Å². The lowest BCUT2D eigenvalue weighted by Crippen LogP contribution is -2.24. The van der Waals surface area contributed by atoms with Crippen molar-refractivity contribution in [2.75, 3.05) is 27.9 Å². The van der Waals surface area contributed by atoms with Crippen molar-refractivity contribution in [3.8, 4) is 23.0 Å². The first kappa shape index (κ1) is 26.1. The summed E-state index contributed by atoms with van der Waals surface area (Å²) < 4.78 is 21.2. The van der Waals surface area contributed by atoms with Crippen LogP contribution in [0.25, 0.3) is 0 Å². The standard InChI is InChI=1S/C26H28N2O8/c1-33-17-7-4-15(5-8-17)10-11-36-21-12-16(6-9-20(21)34-2)18(13-22(27)29)23-24(30)19(26(32)35-3)14-28-25(23)31/h4-9,12,14,18H,10-11,13H2,1-3H3,(H2,27,29)(H2,28,30,31)/t18-/m0/s1. The van der Waals surface area contributed by atoms with Crippen LogP contribution in [0.3, 0.4) is 0 Å². The summed E-state index contributed by atoms with van der Waals surface area (Å²) in [4.78, 5) is 39.1. The molecule has 0 fully saturated rings. The number of methoxy groups -OCH3 is 3. The van der Waals surface area contributed by atoms with E-state index in [1.807, 2.05) is 24.3 Å². The minimum atomic E-state index is -0.967. The maximum Gasteiger partial charge on any atom is 0.343 e. The predicted octanol–water partition coefficient (Wildman–Crippen LogP) is 2.51. The van der Waals surface area contributed by atoms with Crippen LogP contribution >= 0.6 is 0 Å². The third-order valence-electron chi connectivity index (χ3n) is 5.66. The van der Waals surface area contributed by atoms with Gasteiger partial charge in [0.15, 0.2) is 11.5 Å². The van der Waals surface area contributed by atoms with Crippen LogP contribution in [0.4, 0.5) is 0 Å². The molecule has 3 aromatic rings. The Bertz CT molecular complexity index is 1280. The molecular formula is C26H28N2O8. The van der Waals surface area contributed by atoms with E-state index >= 15 is 0 Å². The Morgan fingerprint density at radius 3 is 2.36 bits per heavy atom. The molecule has 0 saturated carbocycles. The lowest BCUT2D eigenvalue weighted by molar-refractivity contribution is -0.118. The Labute approximate surface area is 207 Å². The van der Waals surface area contributed by atoms with Gasteiger partial charge in [0.2, 0.25) is 5.91 Å². The number of nitrogens with two attached hydrogens (primary N) is 1. The van der Waals surface area contributed by atoms with E-state index in [0.29, 0.717) is 30.1 Å². The van der Waals surface area contributed by atoms with Crippen molar-refractivity contribution in [2.45, 2.75) is 18.8 Å². The largest absolute Gasteiger partial charge is 0.506 e. The molecule has 0 radical (unpaired) electrons. The number of aromatic amines is 1. The maximum absolute atomic E-state index is 12.7. The summed E-state index contributed by atoms with van der Waals surface area (Å²) in [5.41, 5.74) is 5.84. The van der Waals surface area contributed by atoms with Gasteiger partial charge < -0.3 is 34.8 Å². The number of aromatic nitrogens is 1. The Morgan fingerprint density at radius 1 is 1.03 bits per heavy atom. The molecule has 1 amide bonds. The lowest BCUT2D eigenvalue weighted by atomic mass is 9.87. The van der Waals surface area contributed by atoms with Crippen molar-refractivity contribution in [3.05, 3.63) is 81.3 Å². The van der Waals surface area contributed by atoms with E-state index in [1.54, 1.807) is 25.3 Å². The van der Waals surface area contributed by atoms with Crippen LogP contribution < -0.4 is 25.5 Å². The highest BCUT2D eigenvalue weighted by Crippen LogP contribution is 2.37. The van der Waals surface area contributed by atoms with Gasteiger partial charge in [0.25, 0.3) is 5.56 Å². The average molecular weight is 497 g/mol. The molecule has 1 heterocycles. The van der Waals surface area contributed by atoms with Crippen LogP contribution in [0.2, 0.25) is 0 Å². The van der Waals surface area contributed by atoms with E-state index in [9.17, 15) is 19.5 Å². The van der Waals surface area contributed by atoms with E-state index < -0.39 is 29.1 Å². The highest BCUT2D eigenvalue weighted by molar-refractivity contribution is 5.92. The third-order valence-corrected chi connectivity index (χ3v) is 5.66. The predicted molar refractivity (Wildman–Crippen MR) is 131 cm³/mol. The molecule has 190 valence electrons. The SMILES string of the molecule is COC(=O)c1c[nH]c(=O)c([C@@H](CC(N)=O)c2ccc(OC)c(OCCc3ccc(OC)cc3)c2)c1O. The smallest absolute Gasteiger partial charge is 0.343 e. The van der Waals surface area contributed by atoms with Gasteiger partial charge in [-0.15, -0.1) is 0 Å². The molecule has 0 unspecified atom stereocenters. The second-order valence-electron chi connectivity index (χ2n) is 7.87. The molecule has 10 heteroatoms. The van der Waals surface area contributed by atoms with E-state index in [4.69, 9.17) is 19.9 Å². The van der Waals surface area contributed by atoms with Gasteiger partial charge in [-0.1, -0.05) is 18.2 Å². The van der Waals surface area contributed by atoms with E-state index in [-0.39, 0.29) is 17.5 Å². The van der Waals surface area contributed by atoms with Crippen LogP contribution in [-0.4, -0.2) is 49.9 Å². The first-order valence-electron chi connectivity index (χ1n) is 11.0. The number of H-pyrrole nitrogens is 1. The summed E-state index contributed by atoms with van der Waals surface area (Å²) in [6.07, 6.45) is 1.35. The van der Waals surface area contributed by atoms with E-state index in [1.165, 1.54) is 7.11 Å². The third kappa shape index (κ3) is 5.96. The molecule has 4 N–H and O–H groups in total. The highest BCUT2D eigenvalue weighted by Gasteiger charge is 2.28. The Hall–Kier alpha value is -4.47. The van der Waals surface area contributed by atoms with Gasteiger partial charge in [-0.2, -0.15) is 0 Å². The molecule has 0 bridgehead atoms. The van der Waals surface area contributed by atoms with Crippen LogP contribution in [0.15, 0.2) is 53.5 Å². The number of primary amides is 1. The minimum absolute atomic E-state index is 0.189. The fourth-order valence-corrected chi connectivity index (χ4v) is 3.81. The quantitative estimate of drug-likeness (QED) is 0.343. The molecule has 2 aromatic carbocycles. The van der Waals surface area contributed by atoms with Crippen molar-refractivity contribution in [3.63, 3.8) is 0 Å². The number of rotatable bonds is 11. The average Bonchev–Trinajstić information content (AvgIpc) is 2.88. The molecule has 0 spiro atoms. The fraction of sp³-hybridized carbons (Fsp3) is 0.269. The van der Waals surface area contributed by atoms with Crippen molar-refractivity contribution >= 4 is 11.9 Å². The van der Waals surface area contributed by atoms with Crippen molar-refractivity contribution < 1.29 is 33.6 Å². The highest BCUT2D eigenvalue weighted by atomic mass is 16.5. The first-order chi connectivity index (χ1) is 17.3. The topological polar surface area (TPSA) is 150 Å². The molecule has 1 atom stereocenters. The number of aromatic hydroxyl groups is 1. The van der Waals surface area contributed by atoms with Gasteiger partial charge in [0.1, 0.15) is 17.1 Å². The number of nitrogens with one attached hydrogen (secondary N) is 1. The lowest BCUT2D eigenvalue weighted by Gasteiger charge is -2.20. The normalized spacial score (nSPS) is 11.4. The molecule has 0 saturated heterocycles. The molecule has 1 aromatic heterocycles. The number of carbonyl (C=O) groups is 2. The molecule has 3 rings (SSSR count). The van der Waals surface area contributed by atoms with Crippen LogP contribution in [0.1, 0.15) is 39.4 Å². The van der Waals surface area contributed by atoms with Crippen molar-refractivity contribution in [2.24, 2.45) is 5.73 Å². The van der Waals surface area contributed by atoms with Crippen LogP contribution in [0.5, 0.6) is 23.0 Å². The van der Waals surface area contributed by atoms with Gasteiger partial charge in [-0.3, -0.25) is 9.59 Å². The molecule has 0 aliphatic carbocycles. The second-order valence-corrected chi connectivity index (χ2v) is 7.87. The van der Waals surface area contributed by atoms with Gasteiger partial charge in [0.05, 0.1) is 33.5 Å². The zero-order valence-electron chi connectivity index (χ0n) is 20.2. The summed E-state index contributed by atoms with van der Waals surface area (Å²) in [7, 11) is 4.23. The monoisotopic (exact) mass is 496 g/mol. The number of carbonyl (C=O) groups excluding carboxylic acids is 2. The van der Waals surface area contributed by atoms with Gasteiger partial charge in [-0.05, 0) is 35.4 Å². The second kappa shape index (κ2) is 11.8. The fourth-order valence-electron chi connectivity index (χ4n) is 3.81. The number of hydrogen-bond acceptors (Lipinski definition) is 8.